The number of nitrogens with zero attached hydrogens (tertiary/aromatic N) is 2. The van der Waals surface area contributed by atoms with Gasteiger partial charge in [-0.25, -0.2) is 0 Å². The molecule has 4 aromatic rings. The minimum absolute atomic E-state index is 0.0815. The predicted molar refractivity (Wildman–Crippen MR) is 139 cm³/mol. The van der Waals surface area contributed by atoms with E-state index in [0.717, 1.165) is 17.7 Å². The molecule has 0 unspecified atom stereocenters. The SMILES string of the molecule is N=c1cccc(CC(=O)N2CCc3cc(NC(=O)c4ccccc4-c4ccc(C(F)(F)F)cc4)ccc32)n1O. The monoisotopic (exact) mass is 532 g/mol. The van der Waals surface area contributed by atoms with E-state index < -0.39 is 17.6 Å². The number of halogens is 3. The fraction of sp³-hybridized carbons (Fsp3) is 0.138. The van der Waals surface area contributed by atoms with Crippen molar-refractivity contribution in [2.24, 2.45) is 0 Å². The molecule has 0 radical (unpaired) electrons. The molecule has 5 rings (SSSR count). The third kappa shape index (κ3) is 5.26. The van der Waals surface area contributed by atoms with Gasteiger partial charge in [0.25, 0.3) is 5.91 Å². The summed E-state index contributed by atoms with van der Waals surface area (Å²) < 4.78 is 39.6. The second kappa shape index (κ2) is 10.1. The molecule has 1 aliphatic rings. The van der Waals surface area contributed by atoms with Gasteiger partial charge in [-0.05, 0) is 71.6 Å². The molecule has 3 N–H and O–H groups in total. The molecule has 0 spiro atoms. The number of aromatic nitrogens is 1. The Labute approximate surface area is 221 Å². The van der Waals surface area contributed by atoms with Crippen molar-refractivity contribution in [1.82, 2.24) is 4.73 Å². The molecule has 0 saturated carbocycles. The second-order valence-corrected chi connectivity index (χ2v) is 9.10. The third-order valence-corrected chi connectivity index (χ3v) is 6.60. The Morgan fingerprint density at radius 3 is 2.44 bits per heavy atom. The molecule has 0 fully saturated rings. The van der Waals surface area contributed by atoms with Crippen LogP contribution < -0.4 is 15.7 Å². The molecular formula is C29H23F3N4O3. The van der Waals surface area contributed by atoms with Gasteiger partial charge in [-0.1, -0.05) is 36.4 Å². The van der Waals surface area contributed by atoms with E-state index in [2.05, 4.69) is 5.32 Å². The zero-order chi connectivity index (χ0) is 27.7. The van der Waals surface area contributed by atoms with E-state index in [9.17, 15) is 28.0 Å². The van der Waals surface area contributed by atoms with Crippen molar-refractivity contribution in [3.05, 3.63) is 113 Å². The van der Waals surface area contributed by atoms with Gasteiger partial charge in [0.2, 0.25) is 5.91 Å². The first-order valence-corrected chi connectivity index (χ1v) is 12.1. The third-order valence-electron chi connectivity index (χ3n) is 6.60. The van der Waals surface area contributed by atoms with E-state index >= 15 is 0 Å². The molecule has 0 bridgehead atoms. The van der Waals surface area contributed by atoms with Crippen LogP contribution in [0.1, 0.15) is 27.2 Å². The Morgan fingerprint density at radius 2 is 1.69 bits per heavy atom. The molecule has 198 valence electrons. The van der Waals surface area contributed by atoms with Gasteiger partial charge >= 0.3 is 6.18 Å². The van der Waals surface area contributed by atoms with E-state index in [1.165, 1.54) is 18.2 Å². The van der Waals surface area contributed by atoms with Gasteiger partial charge in [-0.2, -0.15) is 17.9 Å². The van der Waals surface area contributed by atoms with Crippen LogP contribution in [0.5, 0.6) is 0 Å². The van der Waals surface area contributed by atoms with E-state index in [0.29, 0.717) is 51.5 Å². The largest absolute Gasteiger partial charge is 0.427 e. The number of rotatable bonds is 5. The average molecular weight is 533 g/mol. The van der Waals surface area contributed by atoms with Crippen molar-refractivity contribution in [2.75, 3.05) is 16.8 Å². The molecule has 10 heteroatoms. The van der Waals surface area contributed by atoms with Crippen molar-refractivity contribution in [3.8, 4) is 11.1 Å². The predicted octanol–water partition coefficient (Wildman–Crippen LogP) is 5.27. The van der Waals surface area contributed by atoms with Gasteiger partial charge in [-0.15, -0.1) is 0 Å². The molecule has 1 aromatic heterocycles. The number of alkyl halides is 3. The number of benzene rings is 3. The fourth-order valence-electron chi connectivity index (χ4n) is 4.64. The highest BCUT2D eigenvalue weighted by atomic mass is 19.4. The fourth-order valence-corrected chi connectivity index (χ4v) is 4.64. The number of hydrogen-bond acceptors (Lipinski definition) is 4. The molecule has 7 nitrogen and oxygen atoms in total. The molecular weight excluding hydrogens is 509 g/mol. The van der Waals surface area contributed by atoms with Crippen molar-refractivity contribution < 1.29 is 28.0 Å². The summed E-state index contributed by atoms with van der Waals surface area (Å²) in [5.41, 5.74) is 2.79. The van der Waals surface area contributed by atoms with Crippen LogP contribution in [0.4, 0.5) is 24.5 Å². The van der Waals surface area contributed by atoms with Gasteiger partial charge in [-0.3, -0.25) is 15.0 Å². The summed E-state index contributed by atoms with van der Waals surface area (Å²) in [6.07, 6.45) is -3.95. The van der Waals surface area contributed by atoms with E-state index in [1.54, 1.807) is 59.5 Å². The molecule has 0 atom stereocenters. The van der Waals surface area contributed by atoms with Crippen molar-refractivity contribution in [3.63, 3.8) is 0 Å². The van der Waals surface area contributed by atoms with Gasteiger partial charge < -0.3 is 15.4 Å². The number of anilines is 2. The van der Waals surface area contributed by atoms with Crippen molar-refractivity contribution in [2.45, 2.75) is 19.0 Å². The molecule has 0 saturated heterocycles. The Bertz CT molecular complexity index is 1630. The van der Waals surface area contributed by atoms with E-state index in [1.807, 2.05) is 0 Å². The molecule has 3 aromatic carbocycles. The number of carbonyl (C=O) groups excluding carboxylic acids is 2. The summed E-state index contributed by atoms with van der Waals surface area (Å²) in [5, 5.41) is 20.5. The lowest BCUT2D eigenvalue weighted by Gasteiger charge is -2.18. The lowest BCUT2D eigenvalue weighted by Crippen LogP contribution is -2.32. The van der Waals surface area contributed by atoms with Crippen LogP contribution in [0.3, 0.4) is 0 Å². The topological polar surface area (TPSA) is 98.4 Å². The second-order valence-electron chi connectivity index (χ2n) is 9.10. The quantitative estimate of drug-likeness (QED) is 0.305. The Morgan fingerprint density at radius 1 is 0.949 bits per heavy atom. The summed E-state index contributed by atoms with van der Waals surface area (Å²) in [6, 6.07) is 21.1. The molecule has 1 aliphatic heterocycles. The average Bonchev–Trinajstić information content (AvgIpc) is 3.34. The maximum Gasteiger partial charge on any atom is 0.416 e. The Kier molecular flexibility index (Phi) is 6.69. The van der Waals surface area contributed by atoms with Crippen LogP contribution in [0.15, 0.2) is 84.9 Å². The standard InChI is InChI=1S/C29H23F3N4O3/c30-29(31,32)20-10-8-18(9-11-20)23-5-1-2-6-24(23)28(38)34-21-12-13-25-19(16-21)14-15-35(25)27(37)17-22-4-3-7-26(33)36(22)39/h1-13,16,33,39H,14-15,17H2,(H,34,38). The lowest BCUT2D eigenvalue weighted by atomic mass is 9.98. The van der Waals surface area contributed by atoms with Gasteiger partial charge in [0.15, 0.2) is 5.49 Å². The summed E-state index contributed by atoms with van der Waals surface area (Å²) in [4.78, 5) is 27.7. The molecule has 0 aliphatic carbocycles. The number of pyridine rings is 1. The maximum absolute atomic E-state index is 13.2. The number of fused-ring (bicyclic) bond motifs is 1. The first-order valence-electron chi connectivity index (χ1n) is 12.1. The first kappa shape index (κ1) is 25.8. The smallest absolute Gasteiger partial charge is 0.416 e. The zero-order valence-corrected chi connectivity index (χ0v) is 20.5. The summed E-state index contributed by atoms with van der Waals surface area (Å²) in [5.74, 6) is -0.649. The van der Waals surface area contributed by atoms with Crippen molar-refractivity contribution >= 4 is 23.2 Å². The highest BCUT2D eigenvalue weighted by Gasteiger charge is 2.30. The van der Waals surface area contributed by atoms with Gasteiger partial charge in [0, 0.05) is 23.5 Å². The molecule has 2 amide bonds. The van der Waals surface area contributed by atoms with Gasteiger partial charge in [0.05, 0.1) is 17.7 Å². The highest BCUT2D eigenvalue weighted by molar-refractivity contribution is 6.09. The van der Waals surface area contributed by atoms with Crippen LogP contribution in [-0.4, -0.2) is 28.3 Å². The number of amides is 2. The summed E-state index contributed by atoms with van der Waals surface area (Å²) >= 11 is 0. The molecule has 39 heavy (non-hydrogen) atoms. The van der Waals surface area contributed by atoms with E-state index in [4.69, 9.17) is 5.41 Å². The van der Waals surface area contributed by atoms with Crippen LogP contribution in [-0.2, 0) is 23.8 Å². The number of carbonyl (C=O) groups is 2. The maximum atomic E-state index is 13.2. The van der Waals surface area contributed by atoms with Crippen LogP contribution in [0.2, 0.25) is 0 Å². The molecule has 2 heterocycles. The summed E-state index contributed by atoms with van der Waals surface area (Å²) in [6.45, 7) is 0.439. The van der Waals surface area contributed by atoms with Crippen LogP contribution in [0.25, 0.3) is 11.1 Å². The van der Waals surface area contributed by atoms with Crippen LogP contribution >= 0.6 is 0 Å². The zero-order valence-electron chi connectivity index (χ0n) is 20.5. The highest BCUT2D eigenvalue weighted by Crippen LogP contribution is 2.33. The van der Waals surface area contributed by atoms with E-state index in [-0.39, 0.29) is 17.8 Å². The summed E-state index contributed by atoms with van der Waals surface area (Å²) in [7, 11) is 0. The lowest BCUT2D eigenvalue weighted by molar-refractivity contribution is -0.137. The number of hydrogen-bond donors (Lipinski definition) is 3. The number of nitrogens with one attached hydrogen (secondary N) is 2. The Hall–Kier alpha value is -4.86. The van der Waals surface area contributed by atoms with Crippen molar-refractivity contribution in [1.29, 1.82) is 5.41 Å². The van der Waals surface area contributed by atoms with Crippen LogP contribution in [0, 0.1) is 5.41 Å². The van der Waals surface area contributed by atoms with Gasteiger partial charge in [0.1, 0.15) is 0 Å². The minimum Gasteiger partial charge on any atom is -0.427 e. The first-order chi connectivity index (χ1) is 18.6. The Balaban J connectivity index is 1.33. The minimum atomic E-state index is -4.45. The normalized spacial score (nSPS) is 12.7.